The maximum atomic E-state index is 10.1. The molecule has 0 amide bonds. The van der Waals surface area contributed by atoms with E-state index in [0.717, 1.165) is 18.4 Å². The van der Waals surface area contributed by atoms with Gasteiger partial charge in [-0.25, -0.2) is 0 Å². The third kappa shape index (κ3) is 4.53. The monoisotopic (exact) mass is 291 g/mol. The molecule has 2 rings (SSSR count). The Labute approximate surface area is 128 Å². The largest absolute Gasteiger partial charge is 0.394 e. The lowest BCUT2D eigenvalue weighted by Gasteiger charge is -2.35. The number of nitrogens with one attached hydrogen (secondary N) is 1. The predicted molar refractivity (Wildman–Crippen MR) is 86.3 cm³/mol. The van der Waals surface area contributed by atoms with Crippen LogP contribution in [0.4, 0.5) is 0 Å². The van der Waals surface area contributed by atoms with Gasteiger partial charge in [0, 0.05) is 12.6 Å². The van der Waals surface area contributed by atoms with Crippen LogP contribution in [0.2, 0.25) is 0 Å². The normalized spacial score (nSPS) is 18.5. The van der Waals surface area contributed by atoms with E-state index in [-0.39, 0.29) is 17.7 Å². The summed E-state index contributed by atoms with van der Waals surface area (Å²) in [4.78, 5) is 0. The molecule has 0 saturated heterocycles. The first-order valence-corrected chi connectivity index (χ1v) is 8.09. The molecule has 0 heterocycles. The van der Waals surface area contributed by atoms with Gasteiger partial charge in [-0.05, 0) is 45.1 Å². The number of hydrogen-bond donors (Lipinski definition) is 2. The number of hydrogen-bond acceptors (Lipinski definition) is 3. The van der Waals surface area contributed by atoms with Crippen molar-refractivity contribution in [2.75, 3.05) is 13.2 Å². The van der Waals surface area contributed by atoms with Gasteiger partial charge in [0.25, 0.3) is 0 Å². The summed E-state index contributed by atoms with van der Waals surface area (Å²) in [7, 11) is 0. The summed E-state index contributed by atoms with van der Waals surface area (Å²) in [5, 5.41) is 13.7. The van der Waals surface area contributed by atoms with Gasteiger partial charge in [0.15, 0.2) is 0 Å². The highest BCUT2D eigenvalue weighted by molar-refractivity contribution is 5.25. The average molecular weight is 291 g/mol. The van der Waals surface area contributed by atoms with Crippen LogP contribution in [-0.4, -0.2) is 30.0 Å². The number of rotatable bonds is 9. The lowest BCUT2D eigenvalue weighted by atomic mass is 9.87. The SMILES string of the molecule is CCC(C)(C)OCCC(CO)(NC1CC1)c1ccccc1. The molecule has 3 nitrogen and oxygen atoms in total. The molecule has 118 valence electrons. The van der Waals surface area contributed by atoms with Crippen LogP contribution in [-0.2, 0) is 10.3 Å². The Morgan fingerprint density at radius 2 is 1.90 bits per heavy atom. The minimum absolute atomic E-state index is 0.0997. The van der Waals surface area contributed by atoms with Crippen molar-refractivity contribution >= 4 is 0 Å². The van der Waals surface area contributed by atoms with Crippen LogP contribution in [0.3, 0.4) is 0 Å². The lowest BCUT2D eigenvalue weighted by molar-refractivity contribution is -0.0344. The van der Waals surface area contributed by atoms with Crippen LogP contribution in [0.1, 0.15) is 52.0 Å². The summed E-state index contributed by atoms with van der Waals surface area (Å²) in [6, 6.07) is 10.8. The third-order valence-corrected chi connectivity index (χ3v) is 4.53. The van der Waals surface area contributed by atoms with Crippen molar-refractivity contribution < 1.29 is 9.84 Å². The van der Waals surface area contributed by atoms with Crippen molar-refractivity contribution in [3.8, 4) is 0 Å². The Hall–Kier alpha value is -0.900. The van der Waals surface area contributed by atoms with E-state index in [1.165, 1.54) is 12.8 Å². The van der Waals surface area contributed by atoms with E-state index < -0.39 is 0 Å². The molecule has 1 aliphatic carbocycles. The summed E-state index contributed by atoms with van der Waals surface area (Å²) >= 11 is 0. The van der Waals surface area contributed by atoms with E-state index in [2.05, 4.69) is 38.2 Å². The Morgan fingerprint density at radius 1 is 1.24 bits per heavy atom. The molecule has 2 N–H and O–H groups in total. The van der Waals surface area contributed by atoms with Gasteiger partial charge in [-0.1, -0.05) is 37.3 Å². The van der Waals surface area contributed by atoms with Gasteiger partial charge in [0.2, 0.25) is 0 Å². The molecule has 1 aliphatic rings. The number of ether oxygens (including phenoxy) is 1. The molecule has 1 unspecified atom stereocenters. The topological polar surface area (TPSA) is 41.5 Å². The van der Waals surface area contributed by atoms with Gasteiger partial charge in [-0.15, -0.1) is 0 Å². The molecule has 1 fully saturated rings. The highest BCUT2D eigenvalue weighted by Gasteiger charge is 2.37. The number of benzene rings is 1. The summed E-state index contributed by atoms with van der Waals surface area (Å²) in [5.41, 5.74) is 0.668. The second-order valence-corrected chi connectivity index (χ2v) is 6.74. The van der Waals surface area contributed by atoms with Gasteiger partial charge in [0.1, 0.15) is 0 Å². The van der Waals surface area contributed by atoms with Crippen LogP contribution < -0.4 is 5.32 Å². The van der Waals surface area contributed by atoms with Crippen LogP contribution in [0.15, 0.2) is 30.3 Å². The molecule has 1 aromatic rings. The fourth-order valence-corrected chi connectivity index (χ4v) is 2.50. The molecule has 0 aromatic heterocycles. The first kappa shape index (κ1) is 16.5. The Kier molecular flexibility index (Phi) is 5.42. The maximum absolute atomic E-state index is 10.1. The van der Waals surface area contributed by atoms with Crippen molar-refractivity contribution in [3.05, 3.63) is 35.9 Å². The minimum Gasteiger partial charge on any atom is -0.394 e. The molecule has 0 spiro atoms. The molecule has 1 saturated carbocycles. The predicted octanol–water partition coefficient (Wildman–Crippen LogP) is 3.22. The fraction of sp³-hybridized carbons (Fsp3) is 0.667. The van der Waals surface area contributed by atoms with Gasteiger partial charge in [0.05, 0.1) is 17.7 Å². The second-order valence-electron chi connectivity index (χ2n) is 6.74. The first-order chi connectivity index (χ1) is 10.0. The van der Waals surface area contributed by atoms with E-state index in [0.29, 0.717) is 12.6 Å². The Morgan fingerprint density at radius 3 is 2.43 bits per heavy atom. The van der Waals surface area contributed by atoms with E-state index in [9.17, 15) is 5.11 Å². The van der Waals surface area contributed by atoms with Gasteiger partial charge < -0.3 is 15.2 Å². The average Bonchev–Trinajstić information content (AvgIpc) is 3.31. The minimum atomic E-state index is -0.383. The first-order valence-electron chi connectivity index (χ1n) is 8.09. The van der Waals surface area contributed by atoms with Crippen LogP contribution in [0, 0.1) is 0 Å². The highest BCUT2D eigenvalue weighted by atomic mass is 16.5. The summed E-state index contributed by atoms with van der Waals surface area (Å²) < 4.78 is 6.01. The quantitative estimate of drug-likeness (QED) is 0.734. The second kappa shape index (κ2) is 6.91. The van der Waals surface area contributed by atoms with Crippen LogP contribution >= 0.6 is 0 Å². The molecule has 1 aromatic carbocycles. The van der Waals surface area contributed by atoms with E-state index in [1.807, 2.05) is 18.2 Å². The summed E-state index contributed by atoms with van der Waals surface area (Å²) in [5.74, 6) is 0. The van der Waals surface area contributed by atoms with Crippen molar-refractivity contribution in [1.29, 1.82) is 0 Å². The number of aliphatic hydroxyl groups is 1. The lowest BCUT2D eigenvalue weighted by Crippen LogP contribution is -2.48. The van der Waals surface area contributed by atoms with Crippen LogP contribution in [0.5, 0.6) is 0 Å². The zero-order chi connectivity index (χ0) is 15.3. The van der Waals surface area contributed by atoms with E-state index in [1.54, 1.807) is 0 Å². The third-order valence-electron chi connectivity index (χ3n) is 4.53. The van der Waals surface area contributed by atoms with E-state index >= 15 is 0 Å². The Bertz CT molecular complexity index is 428. The number of aliphatic hydroxyl groups excluding tert-OH is 1. The fourth-order valence-electron chi connectivity index (χ4n) is 2.50. The molecular formula is C18H29NO2. The maximum Gasteiger partial charge on any atom is 0.0693 e. The smallest absolute Gasteiger partial charge is 0.0693 e. The molecule has 1 atom stereocenters. The van der Waals surface area contributed by atoms with Gasteiger partial charge in [-0.3, -0.25) is 0 Å². The zero-order valence-corrected chi connectivity index (χ0v) is 13.6. The van der Waals surface area contributed by atoms with Crippen molar-refractivity contribution in [2.45, 2.75) is 63.6 Å². The molecular weight excluding hydrogens is 262 g/mol. The van der Waals surface area contributed by atoms with Gasteiger partial charge >= 0.3 is 0 Å². The Balaban J connectivity index is 2.08. The van der Waals surface area contributed by atoms with Crippen molar-refractivity contribution in [1.82, 2.24) is 5.32 Å². The van der Waals surface area contributed by atoms with Crippen LogP contribution in [0.25, 0.3) is 0 Å². The van der Waals surface area contributed by atoms with Gasteiger partial charge in [-0.2, -0.15) is 0 Å². The highest BCUT2D eigenvalue weighted by Crippen LogP contribution is 2.31. The van der Waals surface area contributed by atoms with Crippen molar-refractivity contribution in [3.63, 3.8) is 0 Å². The van der Waals surface area contributed by atoms with E-state index in [4.69, 9.17) is 4.74 Å². The molecule has 21 heavy (non-hydrogen) atoms. The van der Waals surface area contributed by atoms with Crippen molar-refractivity contribution in [2.24, 2.45) is 0 Å². The standard InChI is InChI=1S/C18H29NO2/c1-4-17(2,3)21-13-12-18(14-20,19-16-10-11-16)15-8-6-5-7-9-15/h5-9,16,19-20H,4,10-14H2,1-3H3. The molecule has 0 bridgehead atoms. The summed E-state index contributed by atoms with van der Waals surface area (Å²) in [6.07, 6.45) is 4.18. The molecule has 0 aliphatic heterocycles. The molecule has 0 radical (unpaired) electrons. The zero-order valence-electron chi connectivity index (χ0n) is 13.6. The molecule has 3 heteroatoms. The summed E-state index contributed by atoms with van der Waals surface area (Å²) in [6.45, 7) is 7.12.